The first-order valence-electron chi connectivity index (χ1n) is 3.82. The molecule has 0 saturated carbocycles. The summed E-state index contributed by atoms with van der Waals surface area (Å²) in [5.41, 5.74) is 1.11. The molecule has 0 bridgehead atoms. The summed E-state index contributed by atoms with van der Waals surface area (Å²) in [6.45, 7) is 2.23. The first-order valence-corrected chi connectivity index (χ1v) is 4.61. The molecule has 0 atom stereocenters. The lowest BCUT2D eigenvalue weighted by molar-refractivity contribution is 0.134. The lowest BCUT2D eigenvalue weighted by Crippen LogP contribution is -2.05. The van der Waals surface area contributed by atoms with Gasteiger partial charge in [-0.05, 0) is 22.0 Å². The van der Waals surface area contributed by atoms with E-state index in [4.69, 9.17) is 4.74 Å². The van der Waals surface area contributed by atoms with Crippen molar-refractivity contribution < 1.29 is 4.74 Å². The second kappa shape index (κ2) is 3.41. The maximum atomic E-state index is 5.35. The summed E-state index contributed by atoms with van der Waals surface area (Å²) >= 11 is 3.37. The first-order chi connectivity index (χ1) is 5.86. The molecule has 1 aliphatic heterocycles. The highest BCUT2D eigenvalue weighted by molar-refractivity contribution is 9.10. The quantitative estimate of drug-likeness (QED) is 0.736. The predicted molar refractivity (Wildman–Crippen MR) is 50.1 cm³/mol. The van der Waals surface area contributed by atoms with Crippen molar-refractivity contribution in [3.8, 4) is 0 Å². The Labute approximate surface area is 79.3 Å². The van der Waals surface area contributed by atoms with Crippen LogP contribution in [0.4, 0.5) is 5.82 Å². The molecule has 1 aromatic heterocycles. The molecular formula is C8H9BrN2O. The van der Waals surface area contributed by atoms with Crippen molar-refractivity contribution in [2.45, 2.75) is 6.61 Å². The molecule has 1 N–H and O–H groups in total. The average Bonchev–Trinajstić information content (AvgIpc) is 2.28. The summed E-state index contributed by atoms with van der Waals surface area (Å²) in [4.78, 5) is 4.24. The smallest absolute Gasteiger partial charge is 0.131 e. The molecule has 0 spiro atoms. The van der Waals surface area contributed by atoms with Crippen LogP contribution in [0.1, 0.15) is 5.56 Å². The van der Waals surface area contributed by atoms with Crippen LogP contribution in [-0.4, -0.2) is 18.1 Å². The Kier molecular flexibility index (Phi) is 2.28. The zero-order valence-electron chi connectivity index (χ0n) is 6.51. The van der Waals surface area contributed by atoms with Crippen LogP contribution in [0.25, 0.3) is 0 Å². The molecule has 0 aromatic carbocycles. The molecule has 0 fully saturated rings. The predicted octanol–water partition coefficient (Wildman–Crippen LogP) is 1.79. The van der Waals surface area contributed by atoms with Crippen molar-refractivity contribution in [2.75, 3.05) is 18.5 Å². The molecule has 0 unspecified atom stereocenters. The maximum Gasteiger partial charge on any atom is 0.131 e. The Balaban J connectivity index is 2.36. The van der Waals surface area contributed by atoms with Gasteiger partial charge in [-0.15, -0.1) is 0 Å². The van der Waals surface area contributed by atoms with Crippen LogP contribution in [0, 0.1) is 0 Å². The van der Waals surface area contributed by atoms with Crippen molar-refractivity contribution in [1.82, 2.24) is 4.98 Å². The van der Waals surface area contributed by atoms with Gasteiger partial charge in [-0.1, -0.05) is 0 Å². The molecule has 0 aliphatic carbocycles. The maximum absolute atomic E-state index is 5.35. The molecule has 3 nitrogen and oxygen atoms in total. The average molecular weight is 229 g/mol. The van der Waals surface area contributed by atoms with Gasteiger partial charge < -0.3 is 10.1 Å². The number of ether oxygens (including phenoxy) is 1. The summed E-state index contributed by atoms with van der Waals surface area (Å²) in [5, 5.41) is 3.20. The van der Waals surface area contributed by atoms with E-state index >= 15 is 0 Å². The van der Waals surface area contributed by atoms with Gasteiger partial charge in [0.05, 0.1) is 13.2 Å². The topological polar surface area (TPSA) is 34.1 Å². The van der Waals surface area contributed by atoms with Crippen molar-refractivity contribution in [3.05, 3.63) is 22.3 Å². The van der Waals surface area contributed by atoms with Gasteiger partial charge in [0.25, 0.3) is 0 Å². The fraction of sp³-hybridized carbons (Fsp3) is 0.375. The van der Waals surface area contributed by atoms with E-state index in [1.54, 1.807) is 6.20 Å². The Bertz CT molecular complexity index is 290. The van der Waals surface area contributed by atoms with Crippen molar-refractivity contribution >= 4 is 21.7 Å². The van der Waals surface area contributed by atoms with Crippen LogP contribution >= 0.6 is 15.9 Å². The van der Waals surface area contributed by atoms with E-state index < -0.39 is 0 Å². The van der Waals surface area contributed by atoms with Crippen molar-refractivity contribution in [1.29, 1.82) is 0 Å². The summed E-state index contributed by atoms with van der Waals surface area (Å²) in [7, 11) is 0. The molecule has 1 aromatic rings. The Hall–Kier alpha value is -0.610. The van der Waals surface area contributed by atoms with Crippen LogP contribution in [0.5, 0.6) is 0 Å². The van der Waals surface area contributed by atoms with E-state index in [9.17, 15) is 0 Å². The monoisotopic (exact) mass is 228 g/mol. The van der Waals surface area contributed by atoms with Gasteiger partial charge in [-0.25, -0.2) is 4.98 Å². The second-order valence-electron chi connectivity index (χ2n) is 2.64. The highest BCUT2D eigenvalue weighted by Gasteiger charge is 2.07. The van der Waals surface area contributed by atoms with Gasteiger partial charge in [0.1, 0.15) is 5.82 Å². The van der Waals surface area contributed by atoms with Crippen molar-refractivity contribution in [3.63, 3.8) is 0 Å². The van der Waals surface area contributed by atoms with Crippen LogP contribution in [-0.2, 0) is 11.3 Å². The van der Waals surface area contributed by atoms with Gasteiger partial charge >= 0.3 is 0 Å². The number of fused-ring (bicyclic) bond motifs is 1. The molecule has 4 heteroatoms. The minimum Gasteiger partial charge on any atom is -0.375 e. The van der Waals surface area contributed by atoms with Crippen LogP contribution in [0.3, 0.4) is 0 Å². The Morgan fingerprint density at radius 1 is 1.58 bits per heavy atom. The molecule has 0 amide bonds. The fourth-order valence-corrected chi connectivity index (χ4v) is 1.55. The van der Waals surface area contributed by atoms with Crippen LogP contribution in [0.2, 0.25) is 0 Å². The standard InChI is InChI=1S/C8H9BrN2O/c9-7-3-6-5-12-2-1-10-8(6)11-4-7/h3-4H,1-2,5H2,(H,10,11). The third-order valence-electron chi connectivity index (χ3n) is 1.73. The Morgan fingerprint density at radius 2 is 2.50 bits per heavy atom. The third-order valence-corrected chi connectivity index (χ3v) is 2.16. The van der Waals surface area contributed by atoms with E-state index in [-0.39, 0.29) is 0 Å². The molecule has 0 radical (unpaired) electrons. The summed E-state index contributed by atoms with van der Waals surface area (Å²) in [6.07, 6.45) is 1.79. The number of nitrogens with zero attached hydrogens (tertiary/aromatic N) is 1. The number of hydrogen-bond acceptors (Lipinski definition) is 3. The molecular weight excluding hydrogens is 220 g/mol. The summed E-state index contributed by atoms with van der Waals surface area (Å²) < 4.78 is 6.35. The van der Waals surface area contributed by atoms with Gasteiger partial charge in [0, 0.05) is 22.8 Å². The lowest BCUT2D eigenvalue weighted by atomic mass is 10.3. The normalized spacial score (nSPS) is 16.1. The van der Waals surface area contributed by atoms with Gasteiger partial charge in [0.15, 0.2) is 0 Å². The van der Waals surface area contributed by atoms with E-state index in [1.807, 2.05) is 6.07 Å². The molecule has 0 saturated heterocycles. The molecule has 1 aliphatic rings. The fourth-order valence-electron chi connectivity index (χ4n) is 1.17. The summed E-state index contributed by atoms with van der Waals surface area (Å²) in [5.74, 6) is 0.940. The van der Waals surface area contributed by atoms with Gasteiger partial charge in [-0.2, -0.15) is 0 Å². The first kappa shape index (κ1) is 8.01. The van der Waals surface area contributed by atoms with Gasteiger partial charge in [-0.3, -0.25) is 0 Å². The molecule has 64 valence electrons. The number of aromatic nitrogens is 1. The summed E-state index contributed by atoms with van der Waals surface area (Å²) in [6, 6.07) is 2.03. The van der Waals surface area contributed by atoms with Crippen molar-refractivity contribution in [2.24, 2.45) is 0 Å². The largest absolute Gasteiger partial charge is 0.375 e. The van der Waals surface area contributed by atoms with Crippen LogP contribution in [0.15, 0.2) is 16.7 Å². The number of halogens is 1. The minimum absolute atomic E-state index is 0.648. The van der Waals surface area contributed by atoms with Crippen LogP contribution < -0.4 is 5.32 Å². The highest BCUT2D eigenvalue weighted by Crippen LogP contribution is 2.19. The van der Waals surface area contributed by atoms with E-state index in [0.29, 0.717) is 6.61 Å². The molecule has 2 heterocycles. The van der Waals surface area contributed by atoms with E-state index in [2.05, 4.69) is 26.2 Å². The zero-order valence-corrected chi connectivity index (χ0v) is 8.10. The number of anilines is 1. The van der Waals surface area contributed by atoms with E-state index in [0.717, 1.165) is 29.0 Å². The third kappa shape index (κ3) is 1.59. The molecule has 2 rings (SSSR count). The number of hydrogen-bond donors (Lipinski definition) is 1. The minimum atomic E-state index is 0.648. The highest BCUT2D eigenvalue weighted by atomic mass is 79.9. The van der Waals surface area contributed by atoms with E-state index in [1.165, 1.54) is 0 Å². The number of pyridine rings is 1. The SMILES string of the molecule is Brc1cnc2c(c1)COCCN2. The molecule has 12 heavy (non-hydrogen) atoms. The number of nitrogens with one attached hydrogen (secondary N) is 1. The Morgan fingerprint density at radius 3 is 3.42 bits per heavy atom. The second-order valence-corrected chi connectivity index (χ2v) is 3.56. The zero-order chi connectivity index (χ0) is 8.39. The van der Waals surface area contributed by atoms with Gasteiger partial charge in [0.2, 0.25) is 0 Å². The lowest BCUT2D eigenvalue weighted by Gasteiger charge is -2.04. The number of rotatable bonds is 0.